The Balaban J connectivity index is 2.40. The first-order valence-electron chi connectivity index (χ1n) is 4.91. The summed E-state index contributed by atoms with van der Waals surface area (Å²) in [5.74, 6) is -0.878. The van der Waals surface area contributed by atoms with E-state index >= 15 is 0 Å². The molecule has 5 nitrogen and oxygen atoms in total. The highest BCUT2D eigenvalue weighted by molar-refractivity contribution is 7.99. The largest absolute Gasteiger partial charge is 0.405 e. The topological polar surface area (TPSA) is 67.1 Å². The van der Waals surface area contributed by atoms with Crippen LogP contribution in [0.4, 0.5) is 13.2 Å². The number of nitrogens with one attached hydrogen (secondary N) is 1. The number of aliphatic hydroxyl groups is 1. The van der Waals surface area contributed by atoms with Gasteiger partial charge in [0.05, 0.1) is 24.3 Å². The Morgan fingerprint density at radius 1 is 1.61 bits per heavy atom. The van der Waals surface area contributed by atoms with Crippen LogP contribution in [0.2, 0.25) is 0 Å². The molecule has 1 heterocycles. The van der Waals surface area contributed by atoms with E-state index in [2.05, 4.69) is 4.98 Å². The molecule has 2 N–H and O–H groups in total. The molecule has 0 aliphatic carbocycles. The van der Waals surface area contributed by atoms with Crippen LogP contribution >= 0.6 is 11.8 Å². The Labute approximate surface area is 105 Å². The van der Waals surface area contributed by atoms with E-state index in [9.17, 15) is 18.0 Å². The van der Waals surface area contributed by atoms with Crippen LogP contribution in [0.25, 0.3) is 0 Å². The molecular formula is C9H12F3N3O2S. The number of imidazole rings is 1. The smallest absolute Gasteiger partial charge is 0.390 e. The summed E-state index contributed by atoms with van der Waals surface area (Å²) in [6.45, 7) is -1.53. The van der Waals surface area contributed by atoms with Crippen LogP contribution in [0.3, 0.4) is 0 Å². The highest BCUT2D eigenvalue weighted by Crippen LogP contribution is 2.17. The fourth-order valence-corrected chi connectivity index (χ4v) is 1.89. The van der Waals surface area contributed by atoms with Gasteiger partial charge in [0.25, 0.3) is 0 Å². The van der Waals surface area contributed by atoms with Crippen LogP contribution < -0.4 is 5.32 Å². The van der Waals surface area contributed by atoms with E-state index in [4.69, 9.17) is 5.11 Å². The van der Waals surface area contributed by atoms with Crippen LogP contribution in [0.1, 0.15) is 5.69 Å². The SMILES string of the molecule is Cn1c(CO)cnc1SCC(=O)NCC(F)(F)F. The molecule has 0 saturated carbocycles. The number of hydrogen-bond acceptors (Lipinski definition) is 4. The minimum Gasteiger partial charge on any atom is -0.390 e. The average Bonchev–Trinajstić information content (AvgIpc) is 2.64. The van der Waals surface area contributed by atoms with Gasteiger partial charge in [-0.1, -0.05) is 11.8 Å². The van der Waals surface area contributed by atoms with Gasteiger partial charge in [-0.2, -0.15) is 13.2 Å². The van der Waals surface area contributed by atoms with Crippen molar-refractivity contribution in [3.8, 4) is 0 Å². The number of amides is 1. The second-order valence-electron chi connectivity index (χ2n) is 3.43. The van der Waals surface area contributed by atoms with Crippen LogP contribution in [0.5, 0.6) is 0 Å². The van der Waals surface area contributed by atoms with Gasteiger partial charge < -0.3 is 15.0 Å². The van der Waals surface area contributed by atoms with E-state index < -0.39 is 18.6 Å². The monoisotopic (exact) mass is 283 g/mol. The maximum absolute atomic E-state index is 11.8. The van der Waals surface area contributed by atoms with E-state index in [-0.39, 0.29) is 12.4 Å². The van der Waals surface area contributed by atoms with Crippen molar-refractivity contribution in [3.63, 3.8) is 0 Å². The normalized spacial score (nSPS) is 11.6. The number of rotatable bonds is 5. The second kappa shape index (κ2) is 6.10. The van der Waals surface area contributed by atoms with Crippen molar-refractivity contribution in [3.05, 3.63) is 11.9 Å². The van der Waals surface area contributed by atoms with Gasteiger partial charge in [0.15, 0.2) is 5.16 Å². The molecule has 0 fully saturated rings. The summed E-state index contributed by atoms with van der Waals surface area (Å²) in [6.07, 6.45) is -2.97. The predicted molar refractivity (Wildman–Crippen MR) is 58.9 cm³/mol. The summed E-state index contributed by atoms with van der Waals surface area (Å²) in [7, 11) is 1.65. The quantitative estimate of drug-likeness (QED) is 0.780. The number of thioether (sulfide) groups is 1. The van der Waals surface area contributed by atoms with Crippen molar-refractivity contribution in [2.75, 3.05) is 12.3 Å². The molecule has 0 atom stereocenters. The maximum Gasteiger partial charge on any atom is 0.405 e. The number of hydrogen-bond donors (Lipinski definition) is 2. The highest BCUT2D eigenvalue weighted by Gasteiger charge is 2.27. The Morgan fingerprint density at radius 2 is 2.28 bits per heavy atom. The van der Waals surface area contributed by atoms with Gasteiger partial charge in [-0.05, 0) is 0 Å². The van der Waals surface area contributed by atoms with Gasteiger partial charge in [0.2, 0.25) is 5.91 Å². The number of alkyl halides is 3. The van der Waals surface area contributed by atoms with Crippen molar-refractivity contribution in [2.45, 2.75) is 17.9 Å². The molecule has 0 radical (unpaired) electrons. The van der Waals surface area contributed by atoms with Crippen LogP contribution in [-0.2, 0) is 18.4 Å². The summed E-state index contributed by atoms with van der Waals surface area (Å²) in [5, 5.41) is 11.1. The Kier molecular flexibility index (Phi) is 5.03. The standard InChI is InChI=1S/C9H12F3N3O2S/c1-15-6(3-16)2-13-8(15)18-4-7(17)14-5-9(10,11)12/h2,16H,3-5H2,1H3,(H,14,17). The summed E-state index contributed by atoms with van der Waals surface area (Å²) in [5.41, 5.74) is 0.563. The van der Waals surface area contributed by atoms with E-state index in [1.54, 1.807) is 16.9 Å². The number of aromatic nitrogens is 2. The van der Waals surface area contributed by atoms with Gasteiger partial charge in [-0.15, -0.1) is 0 Å². The average molecular weight is 283 g/mol. The van der Waals surface area contributed by atoms with E-state index in [0.29, 0.717) is 10.9 Å². The molecule has 0 aliphatic heterocycles. The van der Waals surface area contributed by atoms with Gasteiger partial charge in [-0.25, -0.2) is 4.98 Å². The Hall–Kier alpha value is -1.22. The summed E-state index contributed by atoms with van der Waals surface area (Å²) in [4.78, 5) is 15.1. The maximum atomic E-state index is 11.8. The molecule has 0 aromatic carbocycles. The zero-order chi connectivity index (χ0) is 13.8. The molecule has 102 valence electrons. The Morgan fingerprint density at radius 3 is 2.78 bits per heavy atom. The van der Waals surface area contributed by atoms with Crippen LogP contribution in [-0.4, -0.2) is 39.0 Å². The van der Waals surface area contributed by atoms with Crippen molar-refractivity contribution < 1.29 is 23.1 Å². The molecule has 18 heavy (non-hydrogen) atoms. The lowest BCUT2D eigenvalue weighted by molar-refractivity contribution is -0.136. The molecule has 0 unspecified atom stereocenters. The zero-order valence-electron chi connectivity index (χ0n) is 9.49. The molecule has 1 aromatic rings. The van der Waals surface area contributed by atoms with Gasteiger partial charge in [0.1, 0.15) is 6.54 Å². The second-order valence-corrected chi connectivity index (χ2v) is 4.37. The van der Waals surface area contributed by atoms with Crippen molar-refractivity contribution >= 4 is 17.7 Å². The van der Waals surface area contributed by atoms with Gasteiger partial charge in [-0.3, -0.25) is 4.79 Å². The fraction of sp³-hybridized carbons (Fsp3) is 0.556. The number of nitrogens with zero attached hydrogens (tertiary/aromatic N) is 2. The van der Waals surface area contributed by atoms with Gasteiger partial charge >= 0.3 is 6.18 Å². The third-order valence-electron chi connectivity index (χ3n) is 2.02. The Bertz CT molecular complexity index is 420. The molecule has 0 bridgehead atoms. The van der Waals surface area contributed by atoms with Crippen LogP contribution in [0.15, 0.2) is 11.4 Å². The van der Waals surface area contributed by atoms with Crippen molar-refractivity contribution in [2.24, 2.45) is 7.05 Å². The van der Waals surface area contributed by atoms with Crippen molar-refractivity contribution in [1.29, 1.82) is 0 Å². The third-order valence-corrected chi connectivity index (χ3v) is 3.07. The van der Waals surface area contributed by atoms with E-state index in [1.807, 2.05) is 0 Å². The summed E-state index contributed by atoms with van der Waals surface area (Å²) >= 11 is 1.00. The minimum absolute atomic E-state index is 0.161. The fourth-order valence-electron chi connectivity index (χ4n) is 1.09. The summed E-state index contributed by atoms with van der Waals surface area (Å²) in [6, 6.07) is 0. The van der Waals surface area contributed by atoms with Gasteiger partial charge in [0, 0.05) is 7.05 Å². The number of carbonyl (C=O) groups is 1. The number of carbonyl (C=O) groups excluding carboxylic acids is 1. The first kappa shape index (κ1) is 14.8. The molecular weight excluding hydrogens is 271 g/mol. The highest BCUT2D eigenvalue weighted by atomic mass is 32.2. The molecule has 1 amide bonds. The van der Waals surface area contributed by atoms with E-state index in [1.165, 1.54) is 6.20 Å². The number of aliphatic hydroxyl groups excluding tert-OH is 1. The minimum atomic E-state index is -4.41. The molecule has 1 aromatic heterocycles. The predicted octanol–water partition coefficient (Wildman–Crippen LogP) is 0.683. The van der Waals surface area contributed by atoms with Crippen LogP contribution in [0, 0.1) is 0 Å². The van der Waals surface area contributed by atoms with Crippen molar-refractivity contribution in [1.82, 2.24) is 14.9 Å². The molecule has 0 aliphatic rings. The van der Waals surface area contributed by atoms with E-state index in [0.717, 1.165) is 11.8 Å². The lowest BCUT2D eigenvalue weighted by Gasteiger charge is -2.08. The molecule has 0 saturated heterocycles. The molecule has 1 rings (SSSR count). The summed E-state index contributed by atoms with van der Waals surface area (Å²) < 4.78 is 37.1. The first-order valence-corrected chi connectivity index (χ1v) is 5.89. The first-order chi connectivity index (χ1) is 8.33. The molecule has 9 heteroatoms. The molecule has 0 spiro atoms. The number of halogens is 3. The lowest BCUT2D eigenvalue weighted by Crippen LogP contribution is -2.34. The third kappa shape index (κ3) is 4.57. The lowest BCUT2D eigenvalue weighted by atomic mass is 10.5. The zero-order valence-corrected chi connectivity index (χ0v) is 10.3.